The van der Waals surface area contributed by atoms with E-state index in [1.165, 1.54) is 5.01 Å². The largest absolute Gasteiger partial charge is 0.469 e. The zero-order valence-electron chi connectivity index (χ0n) is 14.1. The Balaban J connectivity index is 2.06. The number of anilines is 2. The molecule has 1 amide bonds. The monoisotopic (exact) mass is 362 g/mol. The van der Waals surface area contributed by atoms with Gasteiger partial charge >= 0.3 is 12.3 Å². The van der Waals surface area contributed by atoms with Crippen molar-refractivity contribution in [2.45, 2.75) is 45.2 Å². The topological polar surface area (TPSA) is 103 Å². The zero-order valence-corrected chi connectivity index (χ0v) is 14.1. The van der Waals surface area contributed by atoms with Crippen LogP contribution in [0.1, 0.15) is 32.8 Å². The summed E-state index contributed by atoms with van der Waals surface area (Å²) in [5.41, 5.74) is 12.0. The maximum atomic E-state index is 12.7. The van der Waals surface area contributed by atoms with Crippen LogP contribution in [0.3, 0.4) is 0 Å². The minimum atomic E-state index is -4.56. The highest BCUT2D eigenvalue weighted by atomic mass is 19.4. The number of nitrogens with zero attached hydrogens (tertiary/aromatic N) is 1. The van der Waals surface area contributed by atoms with E-state index in [0.717, 1.165) is 12.1 Å². The number of benzene rings is 1. The maximum absolute atomic E-state index is 12.7. The van der Waals surface area contributed by atoms with Gasteiger partial charge in [-0.2, -0.15) is 18.6 Å². The smallest absolute Gasteiger partial charge is 0.424 e. The third kappa shape index (κ3) is 4.81. The molecule has 1 aliphatic heterocycles. The molecule has 1 saturated heterocycles. The van der Waals surface area contributed by atoms with E-state index >= 15 is 0 Å². The molecule has 0 aliphatic carbocycles. The van der Waals surface area contributed by atoms with Gasteiger partial charge in [0.25, 0.3) is 0 Å². The molecule has 0 aromatic heterocycles. The number of halogens is 3. The first-order chi connectivity index (χ1) is 11.4. The van der Waals surface area contributed by atoms with Crippen molar-refractivity contribution in [3.05, 3.63) is 17.7 Å². The fourth-order valence-corrected chi connectivity index (χ4v) is 2.21. The van der Waals surface area contributed by atoms with E-state index in [1.807, 2.05) is 0 Å². The van der Waals surface area contributed by atoms with Crippen molar-refractivity contribution < 1.29 is 27.4 Å². The Morgan fingerprint density at radius 1 is 1.24 bits per heavy atom. The van der Waals surface area contributed by atoms with Gasteiger partial charge < -0.3 is 20.9 Å². The van der Waals surface area contributed by atoms with Gasteiger partial charge in [0.1, 0.15) is 5.60 Å². The lowest BCUT2D eigenvalue weighted by molar-refractivity contribution is -0.137. The number of nitrogens with two attached hydrogens (primary N) is 2. The van der Waals surface area contributed by atoms with Crippen molar-refractivity contribution in [1.82, 2.24) is 10.4 Å². The number of amides is 1. The fourth-order valence-electron chi connectivity index (χ4n) is 2.21. The highest BCUT2D eigenvalue weighted by Gasteiger charge is 2.34. The lowest BCUT2D eigenvalue weighted by atomic mass is 10.1. The summed E-state index contributed by atoms with van der Waals surface area (Å²) < 4.78 is 49.0. The van der Waals surface area contributed by atoms with Crippen LogP contribution in [0.25, 0.3) is 0 Å². The van der Waals surface area contributed by atoms with Crippen molar-refractivity contribution in [2.24, 2.45) is 0 Å². The van der Waals surface area contributed by atoms with Crippen LogP contribution < -0.4 is 21.6 Å². The van der Waals surface area contributed by atoms with E-state index < -0.39 is 29.7 Å². The van der Waals surface area contributed by atoms with E-state index in [1.54, 1.807) is 20.8 Å². The number of ether oxygens (including phenoxy) is 2. The molecule has 140 valence electrons. The highest BCUT2D eigenvalue weighted by molar-refractivity contribution is 5.69. The molecule has 0 radical (unpaired) electrons. The summed E-state index contributed by atoms with van der Waals surface area (Å²) in [6.07, 6.45) is -5.42. The van der Waals surface area contributed by atoms with Crippen molar-refractivity contribution in [3.8, 4) is 5.75 Å². The molecule has 2 rings (SSSR count). The highest BCUT2D eigenvalue weighted by Crippen LogP contribution is 2.38. The van der Waals surface area contributed by atoms with Gasteiger partial charge in [-0.3, -0.25) is 0 Å². The fraction of sp³-hybridized carbons (Fsp3) is 0.533. The standard InChI is InChI=1S/C15H21F3N4O3/c1-14(2,3)25-13(23)22-5-4-11(21-22)24-12-9(19)6-8(7-10(12)20)15(16,17)18/h6-7,11,21H,4-5,19-20H2,1-3H3/t11-/m1/s1. The Hall–Kier alpha value is -2.36. The lowest BCUT2D eigenvalue weighted by Crippen LogP contribution is -2.44. The van der Waals surface area contributed by atoms with Crippen LogP contribution in [0, 0.1) is 0 Å². The van der Waals surface area contributed by atoms with Crippen molar-refractivity contribution >= 4 is 17.5 Å². The van der Waals surface area contributed by atoms with Crippen LogP contribution in [0.4, 0.5) is 29.3 Å². The second kappa shape index (κ2) is 6.51. The van der Waals surface area contributed by atoms with Gasteiger partial charge in [0.2, 0.25) is 0 Å². The molecule has 10 heteroatoms. The number of carbonyl (C=O) groups excluding carboxylic acids is 1. The summed E-state index contributed by atoms with van der Waals surface area (Å²) in [7, 11) is 0. The summed E-state index contributed by atoms with van der Waals surface area (Å²) in [6.45, 7) is 5.51. The first kappa shape index (κ1) is 19.0. The molecular weight excluding hydrogens is 341 g/mol. The molecule has 1 heterocycles. The predicted octanol–water partition coefficient (Wildman–Crippen LogP) is 2.72. The number of hydrogen-bond donors (Lipinski definition) is 3. The van der Waals surface area contributed by atoms with Gasteiger partial charge in [0.15, 0.2) is 12.0 Å². The number of hydrogen-bond acceptors (Lipinski definition) is 6. The number of rotatable bonds is 2. The van der Waals surface area contributed by atoms with Gasteiger partial charge in [-0.1, -0.05) is 0 Å². The molecule has 25 heavy (non-hydrogen) atoms. The Morgan fingerprint density at radius 2 is 1.80 bits per heavy atom. The first-order valence-electron chi connectivity index (χ1n) is 7.56. The van der Waals surface area contributed by atoms with E-state index in [0.29, 0.717) is 13.0 Å². The number of nitrogens with one attached hydrogen (secondary N) is 1. The van der Waals surface area contributed by atoms with Crippen LogP contribution in [0.5, 0.6) is 5.75 Å². The zero-order chi connectivity index (χ0) is 19.0. The molecule has 5 N–H and O–H groups in total. The molecule has 0 saturated carbocycles. The molecule has 0 spiro atoms. The number of nitrogen functional groups attached to an aromatic ring is 2. The Morgan fingerprint density at radius 3 is 2.28 bits per heavy atom. The minimum Gasteiger partial charge on any atom is -0.469 e. The van der Waals surface area contributed by atoms with Gasteiger partial charge in [-0.15, -0.1) is 0 Å². The summed E-state index contributed by atoms with van der Waals surface area (Å²) in [5, 5.41) is 1.23. The maximum Gasteiger partial charge on any atom is 0.424 e. The quantitative estimate of drug-likeness (QED) is 0.699. The van der Waals surface area contributed by atoms with Crippen LogP contribution in [0.15, 0.2) is 12.1 Å². The minimum absolute atomic E-state index is 0.0588. The third-order valence-electron chi connectivity index (χ3n) is 3.26. The van der Waals surface area contributed by atoms with Gasteiger partial charge in [0, 0.05) is 13.0 Å². The molecular formula is C15H21F3N4O3. The van der Waals surface area contributed by atoms with Crippen LogP contribution >= 0.6 is 0 Å². The molecule has 1 aromatic carbocycles. The molecule has 1 aromatic rings. The second-order valence-corrected chi connectivity index (χ2v) is 6.64. The molecule has 0 unspecified atom stereocenters. The molecule has 0 bridgehead atoms. The van der Waals surface area contributed by atoms with E-state index in [2.05, 4.69) is 5.43 Å². The summed E-state index contributed by atoms with van der Waals surface area (Å²) in [5.74, 6) is -0.0588. The summed E-state index contributed by atoms with van der Waals surface area (Å²) >= 11 is 0. The summed E-state index contributed by atoms with van der Waals surface area (Å²) in [6, 6.07) is 1.51. The Kier molecular flexibility index (Phi) is 4.94. The average molecular weight is 362 g/mol. The van der Waals surface area contributed by atoms with Crippen LogP contribution in [-0.4, -0.2) is 29.5 Å². The third-order valence-corrected chi connectivity index (χ3v) is 3.26. The average Bonchev–Trinajstić information content (AvgIpc) is 2.88. The normalized spacial score (nSPS) is 18.3. The van der Waals surface area contributed by atoms with E-state index in [4.69, 9.17) is 20.9 Å². The van der Waals surface area contributed by atoms with Crippen molar-refractivity contribution in [3.63, 3.8) is 0 Å². The van der Waals surface area contributed by atoms with Gasteiger partial charge in [0.05, 0.1) is 16.9 Å². The van der Waals surface area contributed by atoms with Crippen molar-refractivity contribution in [1.29, 1.82) is 0 Å². The molecule has 1 fully saturated rings. The molecule has 1 aliphatic rings. The Bertz CT molecular complexity index is 635. The first-order valence-corrected chi connectivity index (χ1v) is 7.56. The molecule has 7 nitrogen and oxygen atoms in total. The van der Waals surface area contributed by atoms with Gasteiger partial charge in [-0.05, 0) is 32.9 Å². The van der Waals surface area contributed by atoms with E-state index in [9.17, 15) is 18.0 Å². The number of carbonyl (C=O) groups is 1. The number of alkyl halides is 3. The predicted molar refractivity (Wildman–Crippen MR) is 85.4 cm³/mol. The van der Waals surface area contributed by atoms with Gasteiger partial charge in [-0.25, -0.2) is 9.80 Å². The molecule has 1 atom stereocenters. The number of hydrazine groups is 1. The second-order valence-electron chi connectivity index (χ2n) is 6.64. The lowest BCUT2D eigenvalue weighted by Gasteiger charge is -2.25. The Labute approximate surface area is 143 Å². The van der Waals surface area contributed by atoms with Crippen LogP contribution in [0.2, 0.25) is 0 Å². The van der Waals surface area contributed by atoms with Crippen LogP contribution in [-0.2, 0) is 10.9 Å². The SMILES string of the molecule is CC(C)(C)OC(=O)N1CC[C@@H](Oc2c(N)cc(C(F)(F)F)cc2N)N1. The van der Waals surface area contributed by atoms with Crippen molar-refractivity contribution in [2.75, 3.05) is 18.0 Å². The summed E-state index contributed by atoms with van der Waals surface area (Å²) in [4.78, 5) is 12.0. The van der Waals surface area contributed by atoms with E-state index in [-0.39, 0.29) is 17.1 Å².